The average Bonchev–Trinajstić information content (AvgIpc) is 2.67. The van der Waals surface area contributed by atoms with E-state index in [2.05, 4.69) is 37.7 Å². The third-order valence-corrected chi connectivity index (χ3v) is 5.63. The van der Waals surface area contributed by atoms with E-state index in [1.807, 2.05) is 60.7 Å². The number of hydrogen-bond acceptors (Lipinski definition) is 4. The first-order valence-electron chi connectivity index (χ1n) is 9.16. The van der Waals surface area contributed by atoms with E-state index < -0.39 is 5.56 Å². The second-order valence-corrected chi connectivity index (χ2v) is 9.03. The SMILES string of the molecule is C[C@@H](Sc1nc(-c2ccc(C(C)(C)C)cc2)c(C#N)c(=O)[nH]1)c1ccccc1. The van der Waals surface area contributed by atoms with Crippen molar-refractivity contribution < 1.29 is 0 Å². The molecule has 1 aromatic heterocycles. The second kappa shape index (κ2) is 8.04. The van der Waals surface area contributed by atoms with Crippen LogP contribution in [-0.4, -0.2) is 9.97 Å². The molecule has 28 heavy (non-hydrogen) atoms. The Morgan fingerprint density at radius 2 is 1.71 bits per heavy atom. The number of aromatic nitrogens is 2. The molecule has 4 nitrogen and oxygen atoms in total. The van der Waals surface area contributed by atoms with E-state index in [1.54, 1.807) is 0 Å². The van der Waals surface area contributed by atoms with E-state index in [0.29, 0.717) is 10.9 Å². The van der Waals surface area contributed by atoms with Crippen LogP contribution in [0.1, 0.15) is 49.6 Å². The number of nitriles is 1. The van der Waals surface area contributed by atoms with Crippen LogP contribution >= 0.6 is 11.8 Å². The van der Waals surface area contributed by atoms with E-state index in [0.717, 1.165) is 11.1 Å². The summed E-state index contributed by atoms with van der Waals surface area (Å²) in [4.78, 5) is 19.8. The number of hydrogen-bond donors (Lipinski definition) is 1. The Balaban J connectivity index is 1.99. The molecule has 2 aromatic carbocycles. The molecule has 0 bridgehead atoms. The van der Waals surface area contributed by atoms with Crippen molar-refractivity contribution in [3.8, 4) is 17.3 Å². The van der Waals surface area contributed by atoms with Gasteiger partial charge < -0.3 is 4.98 Å². The van der Waals surface area contributed by atoms with Gasteiger partial charge in [-0.05, 0) is 23.5 Å². The summed E-state index contributed by atoms with van der Waals surface area (Å²) in [6.45, 7) is 8.51. The first-order chi connectivity index (χ1) is 13.3. The van der Waals surface area contributed by atoms with Crippen LogP contribution in [0.15, 0.2) is 64.5 Å². The lowest BCUT2D eigenvalue weighted by atomic mass is 9.86. The Labute approximate surface area is 169 Å². The predicted octanol–water partition coefficient (Wildman–Crippen LogP) is 5.46. The highest BCUT2D eigenvalue weighted by molar-refractivity contribution is 7.99. The van der Waals surface area contributed by atoms with E-state index >= 15 is 0 Å². The zero-order chi connectivity index (χ0) is 20.3. The zero-order valence-electron chi connectivity index (χ0n) is 16.5. The van der Waals surface area contributed by atoms with Crippen molar-refractivity contribution in [1.82, 2.24) is 9.97 Å². The summed E-state index contributed by atoms with van der Waals surface area (Å²) in [6, 6.07) is 20.0. The molecule has 0 saturated heterocycles. The number of thioether (sulfide) groups is 1. The van der Waals surface area contributed by atoms with Crippen molar-refractivity contribution >= 4 is 11.8 Å². The summed E-state index contributed by atoms with van der Waals surface area (Å²) in [5.41, 5.74) is 3.20. The minimum atomic E-state index is -0.407. The lowest BCUT2D eigenvalue weighted by Gasteiger charge is -2.19. The van der Waals surface area contributed by atoms with Gasteiger partial charge in [-0.15, -0.1) is 0 Å². The van der Waals surface area contributed by atoms with Gasteiger partial charge in [0.05, 0.1) is 5.69 Å². The fourth-order valence-corrected chi connectivity index (χ4v) is 3.83. The van der Waals surface area contributed by atoms with Crippen molar-refractivity contribution in [2.45, 2.75) is 43.5 Å². The molecule has 0 spiro atoms. The normalized spacial score (nSPS) is 12.4. The molecule has 3 aromatic rings. The van der Waals surface area contributed by atoms with E-state index in [4.69, 9.17) is 0 Å². The van der Waals surface area contributed by atoms with Crippen LogP contribution in [0.25, 0.3) is 11.3 Å². The molecule has 3 rings (SSSR count). The number of rotatable bonds is 4. The van der Waals surface area contributed by atoms with Gasteiger partial charge in [0, 0.05) is 10.8 Å². The summed E-state index contributed by atoms with van der Waals surface area (Å²) in [5, 5.41) is 10.1. The van der Waals surface area contributed by atoms with Crippen molar-refractivity contribution in [3.05, 3.63) is 81.6 Å². The third kappa shape index (κ3) is 4.35. The lowest BCUT2D eigenvalue weighted by Crippen LogP contribution is -2.15. The molecule has 1 N–H and O–H groups in total. The number of H-pyrrole nitrogens is 1. The van der Waals surface area contributed by atoms with Crippen LogP contribution in [0, 0.1) is 11.3 Å². The summed E-state index contributed by atoms with van der Waals surface area (Å²) in [7, 11) is 0. The Morgan fingerprint density at radius 1 is 1.07 bits per heavy atom. The van der Waals surface area contributed by atoms with Gasteiger partial charge in [-0.3, -0.25) is 4.79 Å². The van der Waals surface area contributed by atoms with E-state index in [1.165, 1.54) is 17.3 Å². The summed E-state index contributed by atoms with van der Waals surface area (Å²) in [5.74, 6) is 0. The molecular weight excluding hydrogens is 366 g/mol. The monoisotopic (exact) mass is 389 g/mol. The molecular formula is C23H23N3OS. The minimum Gasteiger partial charge on any atom is -0.300 e. The van der Waals surface area contributed by atoms with Gasteiger partial charge in [-0.1, -0.05) is 87.1 Å². The molecule has 142 valence electrons. The summed E-state index contributed by atoms with van der Waals surface area (Å²) < 4.78 is 0. The molecule has 0 unspecified atom stereocenters. The Bertz CT molecular complexity index is 1060. The molecule has 5 heteroatoms. The van der Waals surface area contributed by atoms with Crippen LogP contribution in [0.5, 0.6) is 0 Å². The van der Waals surface area contributed by atoms with Gasteiger partial charge >= 0.3 is 0 Å². The largest absolute Gasteiger partial charge is 0.300 e. The molecule has 0 saturated carbocycles. The fraction of sp³-hybridized carbons (Fsp3) is 0.261. The van der Waals surface area contributed by atoms with Crippen LogP contribution < -0.4 is 5.56 Å². The molecule has 0 aliphatic heterocycles. The van der Waals surface area contributed by atoms with Crippen molar-refractivity contribution in [1.29, 1.82) is 5.26 Å². The number of benzene rings is 2. The number of nitrogens with one attached hydrogen (secondary N) is 1. The standard InChI is InChI=1S/C23H23N3OS/c1-15(16-8-6-5-7-9-16)28-22-25-20(19(14-24)21(27)26-22)17-10-12-18(13-11-17)23(2,3)4/h5-13,15H,1-4H3,(H,25,26,27)/t15-/m1/s1. The molecule has 0 aliphatic rings. The molecule has 1 atom stereocenters. The molecule has 0 amide bonds. The smallest absolute Gasteiger partial charge is 0.270 e. The van der Waals surface area contributed by atoms with E-state index in [9.17, 15) is 10.1 Å². The topological polar surface area (TPSA) is 69.5 Å². The van der Waals surface area contributed by atoms with Gasteiger partial charge in [0.1, 0.15) is 11.6 Å². The predicted molar refractivity (Wildman–Crippen MR) is 114 cm³/mol. The van der Waals surface area contributed by atoms with Crippen molar-refractivity contribution in [3.63, 3.8) is 0 Å². The third-order valence-electron chi connectivity index (χ3n) is 4.59. The first-order valence-corrected chi connectivity index (χ1v) is 10.0. The lowest BCUT2D eigenvalue weighted by molar-refractivity contribution is 0.590. The van der Waals surface area contributed by atoms with Gasteiger partial charge in [0.25, 0.3) is 5.56 Å². The van der Waals surface area contributed by atoms with Crippen LogP contribution in [-0.2, 0) is 5.41 Å². The van der Waals surface area contributed by atoms with Crippen LogP contribution in [0.4, 0.5) is 0 Å². The molecule has 0 fully saturated rings. The second-order valence-electron chi connectivity index (χ2n) is 7.70. The van der Waals surface area contributed by atoms with Crippen molar-refractivity contribution in [2.24, 2.45) is 0 Å². The highest BCUT2D eigenvalue weighted by atomic mass is 32.2. The number of nitrogens with zero attached hydrogens (tertiary/aromatic N) is 2. The van der Waals surface area contributed by atoms with Crippen LogP contribution in [0.2, 0.25) is 0 Å². The quantitative estimate of drug-likeness (QED) is 0.475. The van der Waals surface area contributed by atoms with Gasteiger partial charge in [0.2, 0.25) is 0 Å². The van der Waals surface area contributed by atoms with Gasteiger partial charge in [0.15, 0.2) is 5.16 Å². The van der Waals surface area contributed by atoms with Crippen molar-refractivity contribution in [2.75, 3.05) is 0 Å². The first kappa shape index (κ1) is 19.9. The molecule has 0 aliphatic carbocycles. The van der Waals surface area contributed by atoms with Crippen LogP contribution in [0.3, 0.4) is 0 Å². The maximum atomic E-state index is 12.5. The highest BCUT2D eigenvalue weighted by Crippen LogP contribution is 2.33. The minimum absolute atomic E-state index is 0.0320. The Hall–Kier alpha value is -2.84. The maximum Gasteiger partial charge on any atom is 0.270 e. The Morgan fingerprint density at radius 3 is 2.29 bits per heavy atom. The zero-order valence-corrected chi connectivity index (χ0v) is 17.3. The molecule has 1 heterocycles. The fourth-order valence-electron chi connectivity index (χ4n) is 2.91. The van der Waals surface area contributed by atoms with Gasteiger partial charge in [-0.25, -0.2) is 4.98 Å². The Kier molecular flexibility index (Phi) is 5.71. The number of aromatic amines is 1. The molecule has 0 radical (unpaired) electrons. The van der Waals surface area contributed by atoms with E-state index in [-0.39, 0.29) is 16.2 Å². The highest BCUT2D eigenvalue weighted by Gasteiger charge is 2.18. The summed E-state index contributed by atoms with van der Waals surface area (Å²) in [6.07, 6.45) is 0. The van der Waals surface area contributed by atoms with Gasteiger partial charge in [-0.2, -0.15) is 5.26 Å². The maximum absolute atomic E-state index is 12.5. The summed E-state index contributed by atoms with van der Waals surface area (Å²) >= 11 is 1.47. The average molecular weight is 390 g/mol.